The van der Waals surface area contributed by atoms with Crippen LogP contribution in [0, 0.1) is 0 Å². The van der Waals surface area contributed by atoms with Crippen LogP contribution in [0.25, 0.3) is 0 Å². The van der Waals surface area contributed by atoms with Crippen molar-refractivity contribution in [3.63, 3.8) is 0 Å². The van der Waals surface area contributed by atoms with Gasteiger partial charge in [-0.25, -0.2) is 4.79 Å². The van der Waals surface area contributed by atoms with Gasteiger partial charge in [0.05, 0.1) is 6.61 Å². The highest BCUT2D eigenvalue weighted by molar-refractivity contribution is 5.80. The number of amides is 1. The zero-order chi connectivity index (χ0) is 18.4. The Morgan fingerprint density at radius 1 is 1.27 bits per heavy atom. The molecular formula is C20H30N4O2. The van der Waals surface area contributed by atoms with E-state index in [0.717, 1.165) is 51.4 Å². The fourth-order valence-electron chi connectivity index (χ4n) is 3.66. The van der Waals surface area contributed by atoms with Crippen molar-refractivity contribution < 1.29 is 9.53 Å². The topological polar surface area (TPSA) is 66.0 Å². The molecule has 2 aliphatic rings. The predicted molar refractivity (Wildman–Crippen MR) is 104 cm³/mol. The van der Waals surface area contributed by atoms with Gasteiger partial charge in [0.2, 0.25) is 0 Å². The molecule has 0 spiro atoms. The van der Waals surface area contributed by atoms with Crippen molar-refractivity contribution in [1.29, 1.82) is 0 Å². The summed E-state index contributed by atoms with van der Waals surface area (Å²) in [7, 11) is 0. The third-order valence-corrected chi connectivity index (χ3v) is 5.14. The Labute approximate surface area is 156 Å². The minimum Gasteiger partial charge on any atom is -0.450 e. The second kappa shape index (κ2) is 8.92. The van der Waals surface area contributed by atoms with Gasteiger partial charge in [0.25, 0.3) is 0 Å². The molecule has 6 nitrogen and oxygen atoms in total. The van der Waals surface area contributed by atoms with Crippen molar-refractivity contribution in [3.8, 4) is 0 Å². The van der Waals surface area contributed by atoms with Gasteiger partial charge in [-0.1, -0.05) is 24.3 Å². The molecule has 0 saturated carbocycles. The molecule has 1 atom stereocenters. The Hall–Kier alpha value is -2.24. The lowest BCUT2D eigenvalue weighted by Crippen LogP contribution is -2.50. The number of fused-ring (bicyclic) bond motifs is 1. The molecule has 6 heteroatoms. The van der Waals surface area contributed by atoms with Crippen LogP contribution in [0.2, 0.25) is 0 Å². The lowest BCUT2D eigenvalue weighted by molar-refractivity contribution is 0.0963. The van der Waals surface area contributed by atoms with Crippen LogP contribution in [0.4, 0.5) is 4.79 Å². The Balaban J connectivity index is 1.49. The molecule has 1 aromatic carbocycles. The molecule has 1 unspecified atom stereocenters. The van der Waals surface area contributed by atoms with E-state index >= 15 is 0 Å². The molecule has 0 radical (unpaired) electrons. The predicted octanol–water partition coefficient (Wildman–Crippen LogP) is 2.50. The highest BCUT2D eigenvalue weighted by Crippen LogP contribution is 2.34. The van der Waals surface area contributed by atoms with E-state index in [1.54, 1.807) is 4.90 Å². The summed E-state index contributed by atoms with van der Waals surface area (Å²) in [5.74, 6) is 1.42. The fraction of sp³-hybridized carbons (Fsp3) is 0.600. The average Bonchev–Trinajstić information content (AvgIpc) is 2.63. The zero-order valence-corrected chi connectivity index (χ0v) is 15.8. The molecule has 1 aromatic rings. The quantitative estimate of drug-likeness (QED) is 0.627. The van der Waals surface area contributed by atoms with E-state index in [1.807, 2.05) is 6.92 Å². The molecule has 1 amide bonds. The van der Waals surface area contributed by atoms with Crippen molar-refractivity contribution >= 4 is 12.1 Å². The maximum absolute atomic E-state index is 11.8. The molecule has 1 aliphatic heterocycles. The average molecular weight is 358 g/mol. The second-order valence-electron chi connectivity index (χ2n) is 6.92. The lowest BCUT2D eigenvalue weighted by atomic mass is 9.78. The summed E-state index contributed by atoms with van der Waals surface area (Å²) in [5, 5.41) is 6.88. The molecule has 26 heavy (non-hydrogen) atoms. The van der Waals surface area contributed by atoms with E-state index in [1.165, 1.54) is 11.1 Å². The van der Waals surface area contributed by atoms with Crippen LogP contribution in [-0.2, 0) is 11.2 Å². The Morgan fingerprint density at radius 3 is 2.73 bits per heavy atom. The van der Waals surface area contributed by atoms with E-state index in [2.05, 4.69) is 41.8 Å². The monoisotopic (exact) mass is 358 g/mol. The first kappa shape index (κ1) is 18.5. The Bertz CT molecular complexity index is 638. The number of benzene rings is 1. The summed E-state index contributed by atoms with van der Waals surface area (Å²) >= 11 is 0. The third-order valence-electron chi connectivity index (χ3n) is 5.14. The van der Waals surface area contributed by atoms with Gasteiger partial charge in [-0.3, -0.25) is 4.99 Å². The number of likely N-dealkylation sites (tertiary alicyclic amines) is 1. The molecule has 1 fully saturated rings. The normalized spacial score (nSPS) is 20.2. The maximum atomic E-state index is 11.8. The minimum absolute atomic E-state index is 0.199. The number of guanidine groups is 1. The summed E-state index contributed by atoms with van der Waals surface area (Å²) in [6, 6.07) is 8.97. The van der Waals surface area contributed by atoms with Gasteiger partial charge in [-0.2, -0.15) is 0 Å². The van der Waals surface area contributed by atoms with Crippen molar-refractivity contribution in [3.05, 3.63) is 35.4 Å². The number of nitrogens with one attached hydrogen (secondary N) is 2. The van der Waals surface area contributed by atoms with E-state index in [4.69, 9.17) is 9.73 Å². The largest absolute Gasteiger partial charge is 0.450 e. The molecule has 1 saturated heterocycles. The van der Waals surface area contributed by atoms with Gasteiger partial charge < -0.3 is 20.3 Å². The lowest BCUT2D eigenvalue weighted by Gasteiger charge is -2.33. The number of carbonyl (C=O) groups excluding carboxylic acids is 1. The zero-order valence-electron chi connectivity index (χ0n) is 15.8. The first-order chi connectivity index (χ1) is 12.7. The van der Waals surface area contributed by atoms with Crippen LogP contribution < -0.4 is 10.6 Å². The number of rotatable bonds is 5. The molecular weight excluding hydrogens is 328 g/mol. The standard InChI is InChI=1S/C20H30N4O2/c1-3-21-19(22-14-16-13-15-7-5-6-8-18(15)16)23-17-9-11-24(12-10-17)20(25)26-4-2/h5-8,16-17H,3-4,9-14H2,1-2H3,(H2,21,22,23). The molecule has 0 aromatic heterocycles. The number of hydrogen-bond acceptors (Lipinski definition) is 3. The summed E-state index contributed by atoms with van der Waals surface area (Å²) in [6.45, 7) is 7.46. The van der Waals surface area contributed by atoms with Gasteiger partial charge in [-0.15, -0.1) is 0 Å². The number of ether oxygens (including phenoxy) is 1. The first-order valence-electron chi connectivity index (χ1n) is 9.75. The summed E-state index contributed by atoms with van der Waals surface area (Å²) in [6.07, 6.45) is 2.75. The van der Waals surface area contributed by atoms with Crippen molar-refractivity contribution in [1.82, 2.24) is 15.5 Å². The van der Waals surface area contributed by atoms with Crippen molar-refractivity contribution in [2.24, 2.45) is 4.99 Å². The van der Waals surface area contributed by atoms with E-state index < -0.39 is 0 Å². The number of nitrogens with zero attached hydrogens (tertiary/aromatic N) is 2. The van der Waals surface area contributed by atoms with Crippen molar-refractivity contribution in [2.45, 2.75) is 45.1 Å². The van der Waals surface area contributed by atoms with Crippen LogP contribution in [0.5, 0.6) is 0 Å². The maximum Gasteiger partial charge on any atom is 0.409 e. The first-order valence-corrected chi connectivity index (χ1v) is 9.75. The third kappa shape index (κ3) is 4.48. The van der Waals surface area contributed by atoms with Gasteiger partial charge in [0.1, 0.15) is 0 Å². The molecule has 0 bridgehead atoms. The summed E-state index contributed by atoms with van der Waals surface area (Å²) < 4.78 is 5.08. The van der Waals surface area contributed by atoms with Crippen LogP contribution in [0.3, 0.4) is 0 Å². The van der Waals surface area contributed by atoms with E-state index in [9.17, 15) is 4.79 Å². The van der Waals surface area contributed by atoms with Gasteiger partial charge >= 0.3 is 6.09 Å². The molecule has 1 aliphatic carbocycles. The van der Waals surface area contributed by atoms with Crippen LogP contribution in [-0.4, -0.2) is 55.8 Å². The number of carbonyl (C=O) groups is 1. The van der Waals surface area contributed by atoms with Crippen LogP contribution in [0.1, 0.15) is 43.7 Å². The second-order valence-corrected chi connectivity index (χ2v) is 6.92. The van der Waals surface area contributed by atoms with E-state index in [-0.39, 0.29) is 6.09 Å². The van der Waals surface area contributed by atoms with Crippen LogP contribution >= 0.6 is 0 Å². The smallest absolute Gasteiger partial charge is 0.409 e. The van der Waals surface area contributed by atoms with Gasteiger partial charge in [0, 0.05) is 38.1 Å². The molecule has 3 rings (SSSR count). The number of hydrogen-bond donors (Lipinski definition) is 2. The number of piperidine rings is 1. The minimum atomic E-state index is -0.199. The molecule has 2 N–H and O–H groups in total. The Morgan fingerprint density at radius 2 is 2.04 bits per heavy atom. The number of aliphatic imine (C=N–C) groups is 1. The summed E-state index contributed by atoms with van der Waals surface area (Å²) in [4.78, 5) is 18.4. The highest BCUT2D eigenvalue weighted by Gasteiger charge is 2.26. The summed E-state index contributed by atoms with van der Waals surface area (Å²) in [5.41, 5.74) is 2.90. The van der Waals surface area contributed by atoms with E-state index in [0.29, 0.717) is 18.6 Å². The molecule has 1 heterocycles. The highest BCUT2D eigenvalue weighted by atomic mass is 16.6. The van der Waals surface area contributed by atoms with Crippen LogP contribution in [0.15, 0.2) is 29.3 Å². The fourth-order valence-corrected chi connectivity index (χ4v) is 3.66. The van der Waals surface area contributed by atoms with Crippen molar-refractivity contribution in [2.75, 3.05) is 32.8 Å². The SMILES string of the molecule is CCNC(=NCC1Cc2ccccc21)NC1CCN(C(=O)OCC)CC1. The molecule has 142 valence electrons. The Kier molecular flexibility index (Phi) is 6.36. The van der Waals surface area contributed by atoms with Gasteiger partial charge in [-0.05, 0) is 44.2 Å². The van der Waals surface area contributed by atoms with Gasteiger partial charge in [0.15, 0.2) is 5.96 Å².